The Hall–Kier alpha value is -0.0800. The van der Waals surface area contributed by atoms with Crippen LogP contribution >= 0.6 is 0 Å². The lowest BCUT2D eigenvalue weighted by atomic mass is 9.87. The molecule has 2 N–H and O–H groups in total. The summed E-state index contributed by atoms with van der Waals surface area (Å²) in [5.74, 6) is 0. The third-order valence-electron chi connectivity index (χ3n) is 2.92. The zero-order chi connectivity index (χ0) is 9.19. The molecule has 1 fully saturated rings. The van der Waals surface area contributed by atoms with Gasteiger partial charge in [0.1, 0.15) is 0 Å². The van der Waals surface area contributed by atoms with Crippen LogP contribution in [0, 0.1) is 5.41 Å². The molecule has 0 bridgehead atoms. The van der Waals surface area contributed by atoms with E-state index in [9.17, 15) is 0 Å². The van der Waals surface area contributed by atoms with Crippen molar-refractivity contribution < 1.29 is 5.11 Å². The molecule has 12 heavy (non-hydrogen) atoms. The van der Waals surface area contributed by atoms with E-state index in [0.29, 0.717) is 11.5 Å². The van der Waals surface area contributed by atoms with Crippen LogP contribution in [0.5, 0.6) is 0 Å². The largest absolute Gasteiger partial charge is 0.392 e. The molecule has 0 aliphatic heterocycles. The highest BCUT2D eigenvalue weighted by Crippen LogP contribution is 2.36. The zero-order valence-electron chi connectivity index (χ0n) is 8.43. The summed E-state index contributed by atoms with van der Waals surface area (Å²) >= 11 is 0. The summed E-state index contributed by atoms with van der Waals surface area (Å²) in [6.07, 6.45) is 3.68. The van der Waals surface area contributed by atoms with Gasteiger partial charge in [-0.3, -0.25) is 0 Å². The molecule has 0 saturated heterocycles. The van der Waals surface area contributed by atoms with Crippen LogP contribution in [0.3, 0.4) is 0 Å². The Morgan fingerprint density at radius 3 is 2.67 bits per heavy atom. The predicted octanol–water partition coefficient (Wildman–Crippen LogP) is 1.54. The quantitative estimate of drug-likeness (QED) is 0.675. The Bertz CT molecular complexity index is 143. The summed E-state index contributed by atoms with van der Waals surface area (Å²) in [7, 11) is 0. The van der Waals surface area contributed by atoms with Crippen molar-refractivity contribution in [1.29, 1.82) is 0 Å². The van der Waals surface area contributed by atoms with Gasteiger partial charge in [0.25, 0.3) is 0 Å². The fraction of sp³-hybridized carbons (Fsp3) is 1.00. The van der Waals surface area contributed by atoms with Crippen molar-refractivity contribution in [3.05, 3.63) is 0 Å². The fourth-order valence-corrected chi connectivity index (χ4v) is 2.02. The Labute approximate surface area is 75.4 Å². The van der Waals surface area contributed by atoms with Crippen molar-refractivity contribution in [2.24, 2.45) is 5.41 Å². The van der Waals surface area contributed by atoms with E-state index in [2.05, 4.69) is 19.2 Å². The summed E-state index contributed by atoms with van der Waals surface area (Å²) in [6, 6.07) is 0.604. The predicted molar refractivity (Wildman–Crippen MR) is 51.1 cm³/mol. The Morgan fingerprint density at radius 1 is 1.58 bits per heavy atom. The van der Waals surface area contributed by atoms with Crippen LogP contribution in [0.4, 0.5) is 0 Å². The molecule has 0 radical (unpaired) electrons. The molecule has 0 amide bonds. The molecule has 0 heterocycles. The highest BCUT2D eigenvalue weighted by Gasteiger charge is 2.33. The Morgan fingerprint density at radius 2 is 2.25 bits per heavy atom. The monoisotopic (exact) mass is 171 g/mol. The van der Waals surface area contributed by atoms with Gasteiger partial charge in [-0.05, 0) is 25.2 Å². The van der Waals surface area contributed by atoms with Gasteiger partial charge in [0.05, 0.1) is 6.10 Å². The van der Waals surface area contributed by atoms with Crippen LogP contribution in [0.1, 0.15) is 40.0 Å². The van der Waals surface area contributed by atoms with Crippen LogP contribution in [0.2, 0.25) is 0 Å². The van der Waals surface area contributed by atoms with Gasteiger partial charge in [-0.15, -0.1) is 0 Å². The summed E-state index contributed by atoms with van der Waals surface area (Å²) in [5, 5.41) is 12.5. The maximum absolute atomic E-state index is 9.12. The van der Waals surface area contributed by atoms with Crippen molar-refractivity contribution in [2.75, 3.05) is 6.54 Å². The molecule has 1 unspecified atom stereocenters. The molecular formula is C10H21NO. The molecule has 0 aromatic carbocycles. The molecule has 2 nitrogen and oxygen atoms in total. The standard InChI is InChI=1S/C10H21NO/c1-8(12)7-11-9-5-4-6-10(9,2)3/h8-9,11-12H,4-7H2,1-3H3/t8-,9?/m0/s1. The van der Waals surface area contributed by atoms with E-state index in [1.807, 2.05) is 6.92 Å². The third kappa shape index (κ3) is 2.46. The van der Waals surface area contributed by atoms with Crippen molar-refractivity contribution in [1.82, 2.24) is 5.32 Å². The molecule has 2 atom stereocenters. The fourth-order valence-electron chi connectivity index (χ4n) is 2.02. The van der Waals surface area contributed by atoms with Gasteiger partial charge >= 0.3 is 0 Å². The maximum atomic E-state index is 9.12. The normalized spacial score (nSPS) is 30.5. The topological polar surface area (TPSA) is 32.3 Å². The average molecular weight is 171 g/mol. The van der Waals surface area contributed by atoms with Gasteiger partial charge in [0.15, 0.2) is 0 Å². The zero-order valence-corrected chi connectivity index (χ0v) is 8.43. The van der Waals surface area contributed by atoms with Gasteiger partial charge in [-0.25, -0.2) is 0 Å². The van der Waals surface area contributed by atoms with Gasteiger partial charge < -0.3 is 10.4 Å². The molecule has 0 aromatic rings. The number of hydrogen-bond acceptors (Lipinski definition) is 2. The van der Waals surface area contributed by atoms with E-state index in [-0.39, 0.29) is 6.10 Å². The lowest BCUT2D eigenvalue weighted by molar-refractivity contribution is 0.172. The number of nitrogens with one attached hydrogen (secondary N) is 1. The second-order valence-electron chi connectivity index (χ2n) is 4.69. The van der Waals surface area contributed by atoms with Crippen LogP contribution in [0.15, 0.2) is 0 Å². The van der Waals surface area contributed by atoms with E-state index in [1.54, 1.807) is 0 Å². The average Bonchev–Trinajstić information content (AvgIpc) is 2.25. The lowest BCUT2D eigenvalue weighted by Crippen LogP contribution is -2.40. The first-order valence-corrected chi connectivity index (χ1v) is 4.94. The van der Waals surface area contributed by atoms with E-state index < -0.39 is 0 Å². The third-order valence-corrected chi connectivity index (χ3v) is 2.92. The number of aliphatic hydroxyl groups excluding tert-OH is 1. The van der Waals surface area contributed by atoms with E-state index in [4.69, 9.17) is 5.11 Å². The van der Waals surface area contributed by atoms with E-state index in [1.165, 1.54) is 19.3 Å². The molecule has 1 aliphatic rings. The molecule has 1 aliphatic carbocycles. The molecule has 1 saturated carbocycles. The second kappa shape index (κ2) is 3.75. The highest BCUT2D eigenvalue weighted by atomic mass is 16.3. The summed E-state index contributed by atoms with van der Waals surface area (Å²) in [5.41, 5.74) is 0.425. The van der Waals surface area contributed by atoms with Crippen molar-refractivity contribution in [3.63, 3.8) is 0 Å². The van der Waals surface area contributed by atoms with Gasteiger partial charge in [-0.2, -0.15) is 0 Å². The minimum absolute atomic E-state index is 0.221. The van der Waals surface area contributed by atoms with Gasteiger partial charge in [0.2, 0.25) is 0 Å². The molecule has 1 rings (SSSR count). The molecule has 72 valence electrons. The van der Waals surface area contributed by atoms with Gasteiger partial charge in [-0.1, -0.05) is 20.3 Å². The van der Waals surface area contributed by atoms with Gasteiger partial charge in [0, 0.05) is 12.6 Å². The number of hydrogen-bond donors (Lipinski definition) is 2. The molecule has 0 spiro atoms. The lowest BCUT2D eigenvalue weighted by Gasteiger charge is -2.28. The summed E-state index contributed by atoms with van der Waals surface area (Å²) in [6.45, 7) is 7.17. The smallest absolute Gasteiger partial charge is 0.0636 e. The second-order valence-corrected chi connectivity index (χ2v) is 4.69. The van der Waals surface area contributed by atoms with Crippen molar-refractivity contribution >= 4 is 0 Å². The molecular weight excluding hydrogens is 150 g/mol. The molecule has 0 aromatic heterocycles. The van der Waals surface area contributed by atoms with E-state index in [0.717, 1.165) is 6.54 Å². The van der Waals surface area contributed by atoms with E-state index >= 15 is 0 Å². The minimum atomic E-state index is -0.221. The van der Waals surface area contributed by atoms with Crippen molar-refractivity contribution in [3.8, 4) is 0 Å². The van der Waals surface area contributed by atoms with Crippen LogP contribution in [-0.2, 0) is 0 Å². The number of rotatable bonds is 3. The Balaban J connectivity index is 2.32. The minimum Gasteiger partial charge on any atom is -0.392 e. The highest BCUT2D eigenvalue weighted by molar-refractivity contribution is 4.90. The van der Waals surface area contributed by atoms with Crippen LogP contribution in [0.25, 0.3) is 0 Å². The Kier molecular flexibility index (Phi) is 3.13. The SMILES string of the molecule is C[C@H](O)CNC1CCCC1(C)C. The first-order valence-electron chi connectivity index (χ1n) is 4.94. The first kappa shape index (κ1) is 10.0. The van der Waals surface area contributed by atoms with Crippen LogP contribution < -0.4 is 5.32 Å². The first-order chi connectivity index (χ1) is 5.52. The van der Waals surface area contributed by atoms with Crippen LogP contribution in [-0.4, -0.2) is 23.8 Å². The maximum Gasteiger partial charge on any atom is 0.0636 e. The number of aliphatic hydroxyl groups is 1. The summed E-state index contributed by atoms with van der Waals surface area (Å²) < 4.78 is 0. The van der Waals surface area contributed by atoms with Crippen molar-refractivity contribution in [2.45, 2.75) is 52.2 Å². The molecule has 2 heteroatoms. The summed E-state index contributed by atoms with van der Waals surface area (Å²) in [4.78, 5) is 0.